The molecule has 0 aliphatic carbocycles. The lowest BCUT2D eigenvalue weighted by Gasteiger charge is -2.38. The van der Waals surface area contributed by atoms with E-state index >= 15 is 0 Å². The van der Waals surface area contributed by atoms with Gasteiger partial charge >= 0.3 is 5.97 Å². The number of carbonyl (C=O) groups is 1. The summed E-state index contributed by atoms with van der Waals surface area (Å²) >= 11 is 0. The van der Waals surface area contributed by atoms with Gasteiger partial charge in [0.1, 0.15) is 5.82 Å². The number of hydrogen-bond acceptors (Lipinski definition) is 3. The second-order valence-electron chi connectivity index (χ2n) is 5.77. The van der Waals surface area contributed by atoms with E-state index in [1.54, 1.807) is 6.07 Å². The molecule has 2 fully saturated rings. The lowest BCUT2D eigenvalue weighted by molar-refractivity contribution is -0.149. The number of rotatable bonds is 3. The predicted octanol–water partition coefficient (Wildman–Crippen LogP) is 2.74. The van der Waals surface area contributed by atoms with Crippen molar-refractivity contribution in [2.75, 3.05) is 7.11 Å². The Morgan fingerprint density at radius 1 is 1.30 bits per heavy atom. The van der Waals surface area contributed by atoms with Gasteiger partial charge < -0.3 is 4.74 Å². The Morgan fingerprint density at radius 3 is 2.80 bits per heavy atom. The van der Waals surface area contributed by atoms with Crippen LogP contribution in [0.2, 0.25) is 0 Å². The first-order chi connectivity index (χ1) is 9.70. The van der Waals surface area contributed by atoms with Crippen LogP contribution < -0.4 is 0 Å². The van der Waals surface area contributed by atoms with Crippen molar-refractivity contribution in [3.8, 4) is 0 Å². The third kappa shape index (κ3) is 2.33. The smallest absolute Gasteiger partial charge is 0.310 e. The van der Waals surface area contributed by atoms with Crippen molar-refractivity contribution in [2.45, 2.75) is 44.3 Å². The number of benzene rings is 1. The first-order valence-corrected chi connectivity index (χ1v) is 7.27. The first-order valence-electron chi connectivity index (χ1n) is 7.27. The van der Waals surface area contributed by atoms with Gasteiger partial charge in [0.05, 0.1) is 13.0 Å². The average molecular weight is 277 g/mol. The van der Waals surface area contributed by atoms with E-state index in [2.05, 4.69) is 4.90 Å². The fourth-order valence-corrected chi connectivity index (χ4v) is 3.77. The van der Waals surface area contributed by atoms with Crippen LogP contribution in [0.1, 0.15) is 31.2 Å². The maximum atomic E-state index is 13.8. The van der Waals surface area contributed by atoms with E-state index in [4.69, 9.17) is 4.74 Å². The summed E-state index contributed by atoms with van der Waals surface area (Å²) < 4.78 is 18.7. The summed E-state index contributed by atoms with van der Waals surface area (Å²) in [5, 5.41) is 0. The molecule has 0 radical (unpaired) electrons. The van der Waals surface area contributed by atoms with Gasteiger partial charge in [-0.15, -0.1) is 0 Å². The third-order valence-electron chi connectivity index (χ3n) is 4.78. The van der Waals surface area contributed by atoms with Crippen molar-refractivity contribution < 1.29 is 13.9 Å². The van der Waals surface area contributed by atoms with Crippen molar-refractivity contribution in [1.82, 2.24) is 4.90 Å². The highest BCUT2D eigenvalue weighted by molar-refractivity contribution is 5.73. The van der Waals surface area contributed by atoms with Gasteiger partial charge in [0.25, 0.3) is 0 Å². The molecule has 0 amide bonds. The van der Waals surface area contributed by atoms with Gasteiger partial charge in [0, 0.05) is 24.2 Å². The van der Waals surface area contributed by atoms with E-state index < -0.39 is 0 Å². The van der Waals surface area contributed by atoms with Gasteiger partial charge in [-0.2, -0.15) is 0 Å². The second-order valence-corrected chi connectivity index (χ2v) is 5.77. The Bertz CT molecular complexity index is 505. The van der Waals surface area contributed by atoms with E-state index in [1.807, 2.05) is 12.1 Å². The number of methoxy groups -OCH3 is 1. The molecule has 4 heteroatoms. The fraction of sp³-hybridized carbons (Fsp3) is 0.562. The molecule has 2 bridgehead atoms. The molecule has 2 saturated heterocycles. The van der Waals surface area contributed by atoms with E-state index in [9.17, 15) is 9.18 Å². The van der Waals surface area contributed by atoms with Crippen molar-refractivity contribution >= 4 is 5.97 Å². The van der Waals surface area contributed by atoms with Crippen LogP contribution in [-0.4, -0.2) is 30.1 Å². The average Bonchev–Trinajstić information content (AvgIpc) is 2.71. The van der Waals surface area contributed by atoms with Crippen LogP contribution in [0.15, 0.2) is 24.3 Å². The van der Waals surface area contributed by atoms with Crippen LogP contribution in [0.5, 0.6) is 0 Å². The molecule has 2 aliphatic rings. The van der Waals surface area contributed by atoms with Crippen molar-refractivity contribution in [3.05, 3.63) is 35.6 Å². The van der Waals surface area contributed by atoms with Crippen molar-refractivity contribution in [2.24, 2.45) is 5.92 Å². The number of carbonyl (C=O) groups excluding carboxylic acids is 1. The standard InChI is InChI=1S/C16H20FNO2/c1-20-16(19)13-8-6-12-7-9-15(13)18(12)10-11-4-2-3-5-14(11)17/h2-5,12-13,15H,6-10H2,1H3. The lowest BCUT2D eigenvalue weighted by Crippen LogP contribution is -2.47. The maximum Gasteiger partial charge on any atom is 0.310 e. The minimum Gasteiger partial charge on any atom is -0.469 e. The Balaban J connectivity index is 1.79. The quantitative estimate of drug-likeness (QED) is 0.796. The fourth-order valence-electron chi connectivity index (χ4n) is 3.77. The van der Waals surface area contributed by atoms with E-state index in [1.165, 1.54) is 13.2 Å². The van der Waals surface area contributed by atoms with Gasteiger partial charge in [-0.05, 0) is 31.7 Å². The molecule has 3 atom stereocenters. The highest BCUT2D eigenvalue weighted by Gasteiger charge is 2.45. The molecule has 2 heterocycles. The minimum atomic E-state index is -0.160. The van der Waals surface area contributed by atoms with Gasteiger partial charge in [-0.3, -0.25) is 9.69 Å². The summed E-state index contributed by atoms with van der Waals surface area (Å²) in [6.07, 6.45) is 4.02. The molecule has 0 saturated carbocycles. The molecule has 3 unspecified atom stereocenters. The molecule has 3 rings (SSSR count). The largest absolute Gasteiger partial charge is 0.469 e. The van der Waals surface area contributed by atoms with Gasteiger partial charge in [0.2, 0.25) is 0 Å². The Kier molecular flexibility index (Phi) is 3.74. The van der Waals surface area contributed by atoms with Crippen LogP contribution in [-0.2, 0) is 16.1 Å². The molecular weight excluding hydrogens is 257 g/mol. The van der Waals surface area contributed by atoms with E-state index in [0.717, 1.165) is 31.2 Å². The molecule has 20 heavy (non-hydrogen) atoms. The summed E-state index contributed by atoms with van der Waals surface area (Å²) in [5.74, 6) is -0.327. The number of hydrogen-bond donors (Lipinski definition) is 0. The van der Waals surface area contributed by atoms with Crippen molar-refractivity contribution in [3.63, 3.8) is 0 Å². The molecule has 0 N–H and O–H groups in total. The highest BCUT2D eigenvalue weighted by atomic mass is 19.1. The minimum absolute atomic E-state index is 0.0504. The molecular formula is C16H20FNO2. The van der Waals surface area contributed by atoms with E-state index in [0.29, 0.717) is 12.6 Å². The van der Waals surface area contributed by atoms with Crippen molar-refractivity contribution in [1.29, 1.82) is 0 Å². The van der Waals surface area contributed by atoms with Crippen LogP contribution in [0.4, 0.5) is 4.39 Å². The SMILES string of the molecule is COC(=O)C1CCC2CCC1N2Cc1ccccc1F. The third-order valence-corrected chi connectivity index (χ3v) is 4.78. The Hall–Kier alpha value is -1.42. The Morgan fingerprint density at radius 2 is 2.05 bits per heavy atom. The highest BCUT2D eigenvalue weighted by Crippen LogP contribution is 2.40. The number of nitrogens with zero attached hydrogens (tertiary/aromatic N) is 1. The summed E-state index contributed by atoms with van der Waals surface area (Å²) in [7, 11) is 1.45. The number of ether oxygens (including phenoxy) is 1. The van der Waals surface area contributed by atoms with Gasteiger partial charge in [0.15, 0.2) is 0 Å². The predicted molar refractivity (Wildman–Crippen MR) is 73.5 cm³/mol. The molecule has 2 aliphatic heterocycles. The van der Waals surface area contributed by atoms with Gasteiger partial charge in [-0.25, -0.2) is 4.39 Å². The summed E-state index contributed by atoms with van der Waals surface area (Å²) in [4.78, 5) is 14.2. The normalized spacial score (nSPS) is 29.4. The van der Waals surface area contributed by atoms with Crippen LogP contribution >= 0.6 is 0 Å². The number of fused-ring (bicyclic) bond motifs is 2. The summed E-state index contributed by atoms with van der Waals surface area (Å²) in [6.45, 7) is 0.593. The zero-order valence-corrected chi connectivity index (χ0v) is 11.7. The molecule has 1 aromatic rings. The van der Waals surface area contributed by atoms with E-state index in [-0.39, 0.29) is 23.7 Å². The zero-order chi connectivity index (χ0) is 14.1. The molecule has 0 aromatic heterocycles. The molecule has 108 valence electrons. The first kappa shape index (κ1) is 13.6. The summed E-state index contributed by atoms with van der Waals surface area (Å²) in [5.41, 5.74) is 0.718. The molecule has 0 spiro atoms. The molecule has 3 nitrogen and oxygen atoms in total. The van der Waals surface area contributed by atoms with Crippen LogP contribution in [0.25, 0.3) is 0 Å². The van der Waals surface area contributed by atoms with Crippen LogP contribution in [0.3, 0.4) is 0 Å². The van der Waals surface area contributed by atoms with Gasteiger partial charge in [-0.1, -0.05) is 18.2 Å². The molecule has 1 aromatic carbocycles. The van der Waals surface area contributed by atoms with Crippen LogP contribution in [0, 0.1) is 11.7 Å². The number of esters is 1. The number of piperidine rings is 1. The lowest BCUT2D eigenvalue weighted by atomic mass is 9.90. The monoisotopic (exact) mass is 277 g/mol. The summed E-state index contributed by atoms with van der Waals surface area (Å²) in [6, 6.07) is 7.60. The second kappa shape index (κ2) is 5.52. The number of halogens is 1. The topological polar surface area (TPSA) is 29.5 Å². The maximum absolute atomic E-state index is 13.8. The Labute approximate surface area is 118 Å². The zero-order valence-electron chi connectivity index (χ0n) is 11.7.